The Morgan fingerprint density at radius 2 is 1.88 bits per heavy atom. The van der Waals surface area contributed by atoms with E-state index in [-0.39, 0.29) is 17.4 Å². The van der Waals surface area contributed by atoms with Crippen LogP contribution in [0.3, 0.4) is 0 Å². The highest BCUT2D eigenvalue weighted by atomic mass is 19.1. The summed E-state index contributed by atoms with van der Waals surface area (Å²) in [4.78, 5) is 17.7. The lowest BCUT2D eigenvalue weighted by atomic mass is 10.00. The Labute approximate surface area is 187 Å². The lowest BCUT2D eigenvalue weighted by Crippen LogP contribution is -2.39. The predicted molar refractivity (Wildman–Crippen MR) is 118 cm³/mol. The first kappa shape index (κ1) is 21.1. The number of carbonyl (C=O) groups is 1. The van der Waals surface area contributed by atoms with Crippen LogP contribution in [0.4, 0.5) is 4.39 Å². The maximum Gasteiger partial charge on any atom is 0.231 e. The highest BCUT2D eigenvalue weighted by Gasteiger charge is 2.33. The Bertz CT molecular complexity index is 1060. The first-order chi connectivity index (χ1) is 15.6. The van der Waals surface area contributed by atoms with Crippen LogP contribution in [0, 0.1) is 12.7 Å². The standard InChI is InChI=1S/C25H27FN2O4/c1-17-24-19(15-28(16-31-24)8-4-7-27-9-11-30-12-10-27)13-20-23(29)22(32-25(17)20)14-18-5-2-3-6-21(18)26/h2-3,5-6,13-14H,4,7-12,15-16H2,1H3. The molecule has 3 heterocycles. The topological polar surface area (TPSA) is 51.2 Å². The van der Waals surface area contributed by atoms with Gasteiger partial charge in [0.15, 0.2) is 5.76 Å². The minimum atomic E-state index is -0.389. The summed E-state index contributed by atoms with van der Waals surface area (Å²) in [7, 11) is 0. The summed E-state index contributed by atoms with van der Waals surface area (Å²) >= 11 is 0. The summed E-state index contributed by atoms with van der Waals surface area (Å²) in [6.07, 6.45) is 2.52. The molecule has 1 saturated heterocycles. The van der Waals surface area contributed by atoms with Gasteiger partial charge in [-0.2, -0.15) is 0 Å². The van der Waals surface area contributed by atoms with Gasteiger partial charge < -0.3 is 14.2 Å². The lowest BCUT2D eigenvalue weighted by molar-refractivity contribution is 0.0329. The van der Waals surface area contributed by atoms with Crippen LogP contribution in [-0.4, -0.2) is 61.7 Å². The van der Waals surface area contributed by atoms with E-state index in [4.69, 9.17) is 14.2 Å². The third-order valence-corrected chi connectivity index (χ3v) is 6.25. The van der Waals surface area contributed by atoms with Crippen LogP contribution < -0.4 is 9.47 Å². The van der Waals surface area contributed by atoms with E-state index < -0.39 is 0 Å². The Hall–Kier alpha value is -2.74. The molecule has 0 amide bonds. The van der Waals surface area contributed by atoms with Gasteiger partial charge in [0, 0.05) is 42.9 Å². The number of hydrogen-bond donors (Lipinski definition) is 0. The summed E-state index contributed by atoms with van der Waals surface area (Å²) in [5.74, 6) is 0.821. The fourth-order valence-corrected chi connectivity index (χ4v) is 4.52. The molecule has 1 fully saturated rings. The molecule has 0 unspecified atom stereocenters. The van der Waals surface area contributed by atoms with Crippen LogP contribution in [-0.2, 0) is 11.3 Å². The average Bonchev–Trinajstić information content (AvgIpc) is 3.12. The maximum absolute atomic E-state index is 14.0. The van der Waals surface area contributed by atoms with Crippen molar-refractivity contribution in [3.05, 3.63) is 64.2 Å². The molecule has 0 bridgehead atoms. The third kappa shape index (κ3) is 4.16. The molecule has 0 saturated carbocycles. The molecule has 3 aliphatic rings. The van der Waals surface area contributed by atoms with E-state index in [9.17, 15) is 9.18 Å². The number of nitrogens with zero attached hydrogens (tertiary/aromatic N) is 2. The molecule has 0 radical (unpaired) electrons. The van der Waals surface area contributed by atoms with Gasteiger partial charge in [-0.25, -0.2) is 4.39 Å². The number of hydrogen-bond acceptors (Lipinski definition) is 6. The van der Waals surface area contributed by atoms with Crippen LogP contribution in [0.5, 0.6) is 11.5 Å². The Kier molecular flexibility index (Phi) is 5.95. The fourth-order valence-electron chi connectivity index (χ4n) is 4.52. The molecule has 0 aliphatic carbocycles. The van der Waals surface area contributed by atoms with E-state index in [0.717, 1.165) is 69.2 Å². The van der Waals surface area contributed by atoms with Gasteiger partial charge in [-0.3, -0.25) is 14.6 Å². The van der Waals surface area contributed by atoms with Crippen molar-refractivity contribution in [1.29, 1.82) is 0 Å². The quantitative estimate of drug-likeness (QED) is 0.665. The summed E-state index contributed by atoms with van der Waals surface area (Å²) < 4.78 is 31.4. The first-order valence-corrected chi connectivity index (χ1v) is 11.1. The molecule has 3 aliphatic heterocycles. The van der Waals surface area contributed by atoms with Crippen LogP contribution >= 0.6 is 0 Å². The molecule has 0 spiro atoms. The van der Waals surface area contributed by atoms with Gasteiger partial charge >= 0.3 is 0 Å². The largest absolute Gasteiger partial charge is 0.477 e. The minimum absolute atomic E-state index is 0.137. The van der Waals surface area contributed by atoms with Crippen LogP contribution in [0.15, 0.2) is 36.1 Å². The van der Waals surface area contributed by atoms with Crippen LogP contribution in [0.2, 0.25) is 0 Å². The zero-order valence-electron chi connectivity index (χ0n) is 18.2. The molecule has 0 N–H and O–H groups in total. The van der Waals surface area contributed by atoms with Crippen molar-refractivity contribution < 1.29 is 23.4 Å². The Morgan fingerprint density at radius 3 is 2.69 bits per heavy atom. The molecule has 32 heavy (non-hydrogen) atoms. The summed E-state index contributed by atoms with van der Waals surface area (Å²) in [5.41, 5.74) is 2.65. The van der Waals surface area contributed by atoms with Gasteiger partial charge in [0.05, 0.1) is 18.8 Å². The average molecular weight is 438 g/mol. The monoisotopic (exact) mass is 438 g/mol. The van der Waals surface area contributed by atoms with Gasteiger partial charge in [-0.05, 0) is 38.1 Å². The fraction of sp³-hybridized carbons (Fsp3) is 0.400. The zero-order chi connectivity index (χ0) is 22.1. The molecule has 168 valence electrons. The SMILES string of the molecule is Cc1c2c(cc3c1OC(=Cc1ccccc1F)C3=O)CN(CCCN1CCOCC1)CO2. The number of fused-ring (bicyclic) bond motifs is 2. The van der Waals surface area contributed by atoms with Gasteiger partial charge in [0.2, 0.25) is 5.78 Å². The number of ether oxygens (including phenoxy) is 3. The molecule has 7 heteroatoms. The predicted octanol–water partition coefficient (Wildman–Crippen LogP) is 3.62. The van der Waals surface area contributed by atoms with Gasteiger partial charge in [0.25, 0.3) is 0 Å². The third-order valence-electron chi connectivity index (χ3n) is 6.25. The lowest BCUT2D eigenvalue weighted by Gasteiger charge is -2.31. The van der Waals surface area contributed by atoms with E-state index in [2.05, 4.69) is 9.80 Å². The van der Waals surface area contributed by atoms with E-state index in [1.54, 1.807) is 18.2 Å². The molecule has 2 aromatic carbocycles. The molecule has 6 nitrogen and oxygen atoms in total. The maximum atomic E-state index is 14.0. The molecule has 0 aromatic heterocycles. The number of morpholine rings is 1. The number of ketones is 1. The minimum Gasteiger partial charge on any atom is -0.477 e. The van der Waals surface area contributed by atoms with Crippen molar-refractivity contribution in [2.24, 2.45) is 0 Å². The van der Waals surface area contributed by atoms with Crippen molar-refractivity contribution >= 4 is 11.9 Å². The molecular formula is C25H27FN2O4. The summed E-state index contributed by atoms with van der Waals surface area (Å²) in [6, 6.07) is 8.21. The number of allylic oxidation sites excluding steroid dienone is 1. The van der Waals surface area contributed by atoms with Crippen molar-refractivity contribution in [3.63, 3.8) is 0 Å². The number of rotatable bonds is 5. The van der Waals surface area contributed by atoms with E-state index >= 15 is 0 Å². The summed E-state index contributed by atoms with van der Waals surface area (Å²) in [6.45, 7) is 8.74. The molecule has 2 aromatic rings. The van der Waals surface area contributed by atoms with Crippen molar-refractivity contribution in [3.8, 4) is 11.5 Å². The second-order valence-corrected chi connectivity index (χ2v) is 8.46. The normalized spacial score (nSPS) is 20.1. The molecule has 0 atom stereocenters. The zero-order valence-corrected chi connectivity index (χ0v) is 18.2. The first-order valence-electron chi connectivity index (χ1n) is 11.1. The Balaban J connectivity index is 1.30. The van der Waals surface area contributed by atoms with E-state index in [1.807, 2.05) is 13.0 Å². The van der Waals surface area contributed by atoms with Gasteiger partial charge in [-0.15, -0.1) is 0 Å². The number of benzene rings is 2. The van der Waals surface area contributed by atoms with Crippen LogP contribution in [0.1, 0.15) is 33.5 Å². The van der Waals surface area contributed by atoms with Gasteiger partial charge in [-0.1, -0.05) is 18.2 Å². The highest BCUT2D eigenvalue weighted by Crippen LogP contribution is 2.43. The second-order valence-electron chi connectivity index (χ2n) is 8.46. The summed E-state index contributed by atoms with van der Waals surface area (Å²) in [5, 5.41) is 0. The Morgan fingerprint density at radius 1 is 1.09 bits per heavy atom. The smallest absolute Gasteiger partial charge is 0.231 e. The van der Waals surface area contributed by atoms with Gasteiger partial charge in [0.1, 0.15) is 24.0 Å². The second kappa shape index (κ2) is 9.02. The van der Waals surface area contributed by atoms with E-state index in [0.29, 0.717) is 23.6 Å². The van der Waals surface area contributed by atoms with Crippen molar-refractivity contribution in [1.82, 2.24) is 9.80 Å². The molecular weight excluding hydrogens is 411 g/mol. The number of Topliss-reactive ketones (excluding diaryl/α,β-unsaturated/α-hetero) is 1. The number of carbonyl (C=O) groups excluding carboxylic acids is 1. The molecule has 5 rings (SSSR count). The van der Waals surface area contributed by atoms with Crippen LogP contribution in [0.25, 0.3) is 6.08 Å². The van der Waals surface area contributed by atoms with E-state index in [1.165, 1.54) is 12.1 Å². The number of halogens is 1. The van der Waals surface area contributed by atoms with Crippen molar-refractivity contribution in [2.45, 2.75) is 19.9 Å². The highest BCUT2D eigenvalue weighted by molar-refractivity contribution is 6.15. The van der Waals surface area contributed by atoms with Crippen molar-refractivity contribution in [2.75, 3.05) is 46.1 Å².